The van der Waals surface area contributed by atoms with E-state index in [1.54, 1.807) is 27.1 Å². The molecule has 1 aliphatic rings. The molecule has 14 heteroatoms. The van der Waals surface area contributed by atoms with Crippen LogP contribution in [0, 0.1) is 5.21 Å². The Morgan fingerprint density at radius 1 is 0.762 bits per heavy atom. The van der Waals surface area contributed by atoms with E-state index >= 15 is 0 Å². The van der Waals surface area contributed by atoms with Crippen LogP contribution < -0.4 is 10.0 Å². The average Bonchev–Trinajstić information content (AvgIpc) is 2.94. The first-order valence-corrected chi connectivity index (χ1v) is 13.4. The molecule has 226 valence electrons. The van der Waals surface area contributed by atoms with Gasteiger partial charge in [0, 0.05) is 70.3 Å². The van der Waals surface area contributed by atoms with E-state index in [9.17, 15) is 39.7 Å². The van der Waals surface area contributed by atoms with E-state index in [1.165, 1.54) is 23.2 Å². The predicted octanol–water partition coefficient (Wildman–Crippen LogP) is -0.303. The number of aliphatic carboxylic acids is 3. The van der Waals surface area contributed by atoms with Crippen molar-refractivity contribution in [3.63, 3.8) is 0 Å². The molecule has 0 bridgehead atoms. The Morgan fingerprint density at radius 3 is 1.90 bits per heavy atom. The Labute approximate surface area is 243 Å². The van der Waals surface area contributed by atoms with Crippen LogP contribution in [0.2, 0.25) is 0 Å². The molecule has 0 saturated heterocycles. The maximum Gasteiger partial charge on any atom is 0.323 e. The number of carboxylic acids is 3. The first-order chi connectivity index (χ1) is 20.1. The number of aromatic nitrogens is 1. The Hall–Kier alpha value is -4.69. The van der Waals surface area contributed by atoms with Gasteiger partial charge in [-0.3, -0.25) is 29.0 Å². The number of hydrogen-bond donors (Lipinski definition) is 4. The SMILES string of the molecule is O=C(O)CN1/C=C\N(Cc2cc(C(=O)NCc3ccccc3)cc[n+]2[O-])CCN(CC(=O)O)CCN(CC(=O)O)CC1. The molecule has 4 N–H and O–H groups in total. The van der Waals surface area contributed by atoms with Crippen LogP contribution in [0.1, 0.15) is 21.6 Å². The van der Waals surface area contributed by atoms with Gasteiger partial charge in [0.25, 0.3) is 5.91 Å². The molecular weight excluding hydrogens is 548 g/mol. The molecule has 1 aromatic heterocycles. The fraction of sp³-hybridized carbons (Fsp3) is 0.393. The normalized spacial score (nSPS) is 16.2. The number of amides is 1. The first-order valence-electron chi connectivity index (χ1n) is 13.4. The van der Waals surface area contributed by atoms with Gasteiger partial charge >= 0.3 is 17.9 Å². The fourth-order valence-corrected chi connectivity index (χ4v) is 4.40. The lowest BCUT2D eigenvalue weighted by atomic mass is 10.2. The number of carbonyl (C=O) groups is 4. The van der Waals surface area contributed by atoms with Gasteiger partial charge in [0.2, 0.25) is 5.69 Å². The molecule has 42 heavy (non-hydrogen) atoms. The molecule has 1 aromatic carbocycles. The zero-order valence-electron chi connectivity index (χ0n) is 23.2. The van der Waals surface area contributed by atoms with Gasteiger partial charge in [0.1, 0.15) is 13.1 Å². The smallest absolute Gasteiger partial charge is 0.323 e. The third kappa shape index (κ3) is 11.1. The highest BCUT2D eigenvalue weighted by molar-refractivity contribution is 5.94. The largest absolute Gasteiger partial charge is 0.618 e. The topological polar surface area (TPSA) is 181 Å². The minimum absolute atomic E-state index is 0.0623. The van der Waals surface area contributed by atoms with Crippen molar-refractivity contribution in [2.24, 2.45) is 0 Å². The van der Waals surface area contributed by atoms with E-state index in [2.05, 4.69) is 5.32 Å². The molecule has 0 unspecified atom stereocenters. The van der Waals surface area contributed by atoms with Crippen LogP contribution in [0.15, 0.2) is 61.1 Å². The van der Waals surface area contributed by atoms with E-state index < -0.39 is 17.9 Å². The number of nitrogens with zero attached hydrogens (tertiary/aromatic N) is 5. The summed E-state index contributed by atoms with van der Waals surface area (Å²) in [5, 5.41) is 43.6. The highest BCUT2D eigenvalue weighted by Crippen LogP contribution is 2.08. The summed E-state index contributed by atoms with van der Waals surface area (Å²) < 4.78 is 0.645. The van der Waals surface area contributed by atoms with Crippen LogP contribution >= 0.6 is 0 Å². The Bertz CT molecular complexity index is 1260. The Kier molecular flexibility index (Phi) is 12.1. The van der Waals surface area contributed by atoms with E-state index in [0.717, 1.165) is 5.56 Å². The molecule has 0 saturated carbocycles. The molecular formula is C28H36N6O8. The van der Waals surface area contributed by atoms with Crippen LogP contribution in [0.3, 0.4) is 0 Å². The van der Waals surface area contributed by atoms with E-state index in [4.69, 9.17) is 0 Å². The molecule has 2 heterocycles. The van der Waals surface area contributed by atoms with Crippen LogP contribution in [0.4, 0.5) is 0 Å². The lowest BCUT2D eigenvalue weighted by Crippen LogP contribution is -2.45. The van der Waals surface area contributed by atoms with Gasteiger partial charge in [-0.2, -0.15) is 4.73 Å². The minimum atomic E-state index is -1.07. The minimum Gasteiger partial charge on any atom is -0.618 e. The molecule has 0 radical (unpaired) electrons. The lowest BCUT2D eigenvalue weighted by molar-refractivity contribution is -0.615. The molecule has 0 atom stereocenters. The van der Waals surface area contributed by atoms with Gasteiger partial charge in [-0.25, -0.2) is 0 Å². The van der Waals surface area contributed by atoms with Gasteiger partial charge in [0.05, 0.1) is 18.7 Å². The summed E-state index contributed by atoms with van der Waals surface area (Å²) in [7, 11) is 0. The standard InChI is InChI=1S/C28H36N6O8/c35-25(36)19-31-10-8-30(9-11-32(20-26(37)38)13-15-33(14-12-31)21-27(39)40)18-24-16-23(6-7-34(24)42)28(41)29-17-22-4-2-1-3-5-22/h1-8,10,16H,9,11-15,17-21H2,(H,29,41)(H,35,36)(H,37,38)(H,39,40)/b10-8-. The van der Waals surface area contributed by atoms with E-state index in [0.29, 0.717) is 16.8 Å². The predicted molar refractivity (Wildman–Crippen MR) is 150 cm³/mol. The molecule has 0 spiro atoms. The number of pyridine rings is 1. The monoisotopic (exact) mass is 584 g/mol. The van der Waals surface area contributed by atoms with E-state index in [1.807, 2.05) is 30.3 Å². The van der Waals surface area contributed by atoms with Crippen molar-refractivity contribution in [2.45, 2.75) is 13.1 Å². The second-order valence-corrected chi connectivity index (χ2v) is 9.87. The van der Waals surface area contributed by atoms with Crippen molar-refractivity contribution < 1.29 is 39.2 Å². The van der Waals surface area contributed by atoms with Gasteiger partial charge in [0.15, 0.2) is 6.20 Å². The summed E-state index contributed by atoms with van der Waals surface area (Å²) >= 11 is 0. The maximum atomic E-state index is 12.8. The van der Waals surface area contributed by atoms with Gasteiger partial charge in [-0.1, -0.05) is 30.3 Å². The van der Waals surface area contributed by atoms with Crippen molar-refractivity contribution in [1.29, 1.82) is 0 Å². The van der Waals surface area contributed by atoms with Crippen molar-refractivity contribution in [3.8, 4) is 0 Å². The zero-order chi connectivity index (χ0) is 30.5. The molecule has 1 amide bonds. The quantitative estimate of drug-likeness (QED) is 0.200. The van der Waals surface area contributed by atoms with Crippen molar-refractivity contribution in [2.75, 3.05) is 58.9 Å². The van der Waals surface area contributed by atoms with Crippen LogP contribution in [-0.2, 0) is 27.5 Å². The summed E-state index contributed by atoms with van der Waals surface area (Å²) in [5.74, 6) is -3.49. The molecule has 3 rings (SSSR count). The fourth-order valence-electron chi connectivity index (χ4n) is 4.40. The van der Waals surface area contributed by atoms with Gasteiger partial charge < -0.3 is 35.6 Å². The second kappa shape index (κ2) is 15.9. The molecule has 14 nitrogen and oxygen atoms in total. The summed E-state index contributed by atoms with van der Waals surface area (Å²) in [6, 6.07) is 12.3. The van der Waals surface area contributed by atoms with Crippen molar-refractivity contribution in [1.82, 2.24) is 24.9 Å². The third-order valence-corrected chi connectivity index (χ3v) is 6.60. The summed E-state index contributed by atoms with van der Waals surface area (Å²) in [4.78, 5) is 53.7. The van der Waals surface area contributed by atoms with Crippen LogP contribution in [0.25, 0.3) is 0 Å². The first kappa shape index (κ1) is 31.8. The van der Waals surface area contributed by atoms with Crippen LogP contribution in [0.5, 0.6) is 0 Å². The van der Waals surface area contributed by atoms with Gasteiger partial charge in [-0.05, 0) is 5.56 Å². The zero-order valence-corrected chi connectivity index (χ0v) is 23.2. The highest BCUT2D eigenvalue weighted by Gasteiger charge is 2.20. The third-order valence-electron chi connectivity index (χ3n) is 6.60. The highest BCUT2D eigenvalue weighted by atomic mass is 16.5. The Balaban J connectivity index is 1.81. The Morgan fingerprint density at radius 2 is 1.31 bits per heavy atom. The number of rotatable bonds is 11. The number of nitrogens with one attached hydrogen (secondary N) is 1. The number of hydrogen-bond acceptors (Lipinski definition) is 9. The lowest BCUT2D eigenvalue weighted by Gasteiger charge is -2.31. The van der Waals surface area contributed by atoms with Crippen molar-refractivity contribution >= 4 is 23.8 Å². The van der Waals surface area contributed by atoms with E-state index in [-0.39, 0.29) is 77.0 Å². The molecule has 1 aliphatic heterocycles. The molecule has 0 aliphatic carbocycles. The van der Waals surface area contributed by atoms with Gasteiger partial charge in [-0.15, -0.1) is 0 Å². The molecule has 2 aromatic rings. The second-order valence-electron chi connectivity index (χ2n) is 9.87. The van der Waals surface area contributed by atoms with Crippen LogP contribution in [-0.4, -0.2) is 118 Å². The summed E-state index contributed by atoms with van der Waals surface area (Å²) in [6.45, 7) is 1.06. The summed E-state index contributed by atoms with van der Waals surface area (Å²) in [6.07, 6.45) is 4.42. The number of benzene rings is 1. The average molecular weight is 585 g/mol. The maximum absolute atomic E-state index is 12.8. The van der Waals surface area contributed by atoms with Crippen molar-refractivity contribution in [3.05, 3.63) is 83.1 Å². The summed E-state index contributed by atoms with van der Waals surface area (Å²) in [5.41, 5.74) is 1.49. The molecule has 0 fully saturated rings. The number of carboxylic acid groups (broad SMARTS) is 3. The number of carbonyl (C=O) groups excluding carboxylic acids is 1.